The maximum Gasteiger partial charge on any atom is 0.251 e. The molecule has 1 aromatic heterocycles. The summed E-state index contributed by atoms with van der Waals surface area (Å²) in [6.07, 6.45) is 2.00. The molecule has 27 heavy (non-hydrogen) atoms. The van der Waals surface area contributed by atoms with Gasteiger partial charge in [0.1, 0.15) is 5.75 Å². The first-order valence-electron chi connectivity index (χ1n) is 8.74. The Bertz CT molecular complexity index is 1020. The van der Waals surface area contributed by atoms with Gasteiger partial charge in [-0.25, -0.2) is 0 Å². The van der Waals surface area contributed by atoms with Crippen LogP contribution in [-0.2, 0) is 4.79 Å². The molecule has 0 radical (unpaired) electrons. The molecule has 1 atom stereocenters. The number of rotatable bonds is 4. The minimum Gasteiger partial charge on any atom is -0.497 e. The van der Waals surface area contributed by atoms with E-state index in [1.807, 2.05) is 48.5 Å². The van der Waals surface area contributed by atoms with Gasteiger partial charge < -0.3 is 15.0 Å². The minimum absolute atomic E-state index is 0.0173. The minimum atomic E-state index is -0.235. The van der Waals surface area contributed by atoms with Crippen molar-refractivity contribution in [2.75, 3.05) is 18.6 Å². The van der Waals surface area contributed by atoms with Crippen molar-refractivity contribution in [3.8, 4) is 5.75 Å². The summed E-state index contributed by atoms with van der Waals surface area (Å²) >= 11 is 0. The third-order valence-electron chi connectivity index (χ3n) is 4.69. The lowest BCUT2D eigenvalue weighted by Crippen LogP contribution is -2.37. The third-order valence-corrected chi connectivity index (χ3v) is 4.69. The molecule has 1 fully saturated rings. The number of nitrogens with zero attached hydrogens (tertiary/aromatic N) is 2. The average molecular weight is 361 g/mol. The van der Waals surface area contributed by atoms with E-state index in [9.17, 15) is 9.59 Å². The Hall–Kier alpha value is -3.41. The van der Waals surface area contributed by atoms with E-state index in [1.54, 1.807) is 24.3 Å². The van der Waals surface area contributed by atoms with Crippen molar-refractivity contribution in [1.29, 1.82) is 0 Å². The Balaban J connectivity index is 1.47. The fourth-order valence-corrected chi connectivity index (χ4v) is 3.32. The predicted molar refractivity (Wildman–Crippen MR) is 103 cm³/mol. The fourth-order valence-electron chi connectivity index (χ4n) is 3.32. The SMILES string of the molecule is COc1cccc(N2C[C@H](NC(=O)c3ccc4ncccc4c3)CC2=O)c1. The zero-order valence-electron chi connectivity index (χ0n) is 14.9. The topological polar surface area (TPSA) is 71.5 Å². The quantitative estimate of drug-likeness (QED) is 0.776. The highest BCUT2D eigenvalue weighted by molar-refractivity contribution is 6.00. The van der Waals surface area contributed by atoms with E-state index in [0.717, 1.165) is 16.6 Å². The van der Waals surface area contributed by atoms with E-state index in [2.05, 4.69) is 10.3 Å². The number of pyridine rings is 1. The van der Waals surface area contributed by atoms with Crippen LogP contribution in [0.25, 0.3) is 10.9 Å². The van der Waals surface area contributed by atoms with Crippen LogP contribution in [0, 0.1) is 0 Å². The van der Waals surface area contributed by atoms with Crippen molar-refractivity contribution in [2.24, 2.45) is 0 Å². The van der Waals surface area contributed by atoms with Crippen molar-refractivity contribution in [3.63, 3.8) is 0 Å². The molecule has 1 aliphatic rings. The summed E-state index contributed by atoms with van der Waals surface area (Å²) in [4.78, 5) is 31.0. The molecule has 136 valence electrons. The monoisotopic (exact) mass is 361 g/mol. The molecule has 6 heteroatoms. The van der Waals surface area contributed by atoms with E-state index < -0.39 is 0 Å². The first-order valence-corrected chi connectivity index (χ1v) is 8.74. The Morgan fingerprint density at radius 1 is 1.19 bits per heavy atom. The van der Waals surface area contributed by atoms with Gasteiger partial charge in [-0.3, -0.25) is 14.6 Å². The second kappa shape index (κ2) is 7.07. The van der Waals surface area contributed by atoms with Gasteiger partial charge in [0.25, 0.3) is 5.91 Å². The lowest BCUT2D eigenvalue weighted by atomic mass is 10.1. The van der Waals surface area contributed by atoms with Crippen LogP contribution in [-0.4, -0.2) is 36.5 Å². The zero-order chi connectivity index (χ0) is 18.8. The first-order chi connectivity index (χ1) is 13.1. The summed E-state index contributed by atoms with van der Waals surface area (Å²) in [6.45, 7) is 0.437. The summed E-state index contributed by atoms with van der Waals surface area (Å²) in [6, 6.07) is 16.3. The number of aromatic nitrogens is 1. The Kier molecular flexibility index (Phi) is 4.46. The van der Waals surface area contributed by atoms with Crippen LogP contribution in [0.1, 0.15) is 16.8 Å². The third kappa shape index (κ3) is 3.46. The van der Waals surface area contributed by atoms with Crippen LogP contribution in [0.5, 0.6) is 5.75 Å². The number of carbonyl (C=O) groups is 2. The van der Waals surface area contributed by atoms with Crippen LogP contribution in [0.2, 0.25) is 0 Å². The summed E-state index contributed by atoms with van der Waals surface area (Å²) in [7, 11) is 1.59. The first kappa shape index (κ1) is 17.0. The molecule has 0 spiro atoms. The lowest BCUT2D eigenvalue weighted by molar-refractivity contribution is -0.117. The molecular weight excluding hydrogens is 342 g/mol. The van der Waals surface area contributed by atoms with E-state index >= 15 is 0 Å². The molecule has 0 saturated carbocycles. The number of nitrogens with one attached hydrogen (secondary N) is 1. The molecular formula is C21H19N3O3. The summed E-state index contributed by atoms with van der Waals surface area (Å²) < 4.78 is 5.22. The summed E-state index contributed by atoms with van der Waals surface area (Å²) in [5.41, 5.74) is 2.17. The number of hydrogen-bond acceptors (Lipinski definition) is 4. The predicted octanol–water partition coefficient (Wildman–Crippen LogP) is 2.78. The highest BCUT2D eigenvalue weighted by atomic mass is 16.5. The number of carbonyl (C=O) groups excluding carboxylic acids is 2. The van der Waals surface area contributed by atoms with E-state index in [4.69, 9.17) is 4.74 Å². The largest absolute Gasteiger partial charge is 0.497 e. The van der Waals surface area contributed by atoms with Gasteiger partial charge in [-0.15, -0.1) is 0 Å². The molecule has 0 unspecified atom stereocenters. The number of ether oxygens (including phenoxy) is 1. The normalized spacial score (nSPS) is 16.6. The molecule has 3 aromatic rings. The van der Waals surface area contributed by atoms with Gasteiger partial charge in [0, 0.05) is 41.9 Å². The smallest absolute Gasteiger partial charge is 0.251 e. The second-order valence-corrected chi connectivity index (χ2v) is 6.49. The summed E-state index contributed by atoms with van der Waals surface area (Å²) in [5.74, 6) is 0.486. The highest BCUT2D eigenvalue weighted by Crippen LogP contribution is 2.25. The number of anilines is 1. The molecule has 0 bridgehead atoms. The molecule has 0 aliphatic carbocycles. The van der Waals surface area contributed by atoms with Gasteiger partial charge in [0.15, 0.2) is 0 Å². The van der Waals surface area contributed by atoms with Gasteiger partial charge in [0.2, 0.25) is 5.91 Å². The van der Waals surface area contributed by atoms with Crippen molar-refractivity contribution in [2.45, 2.75) is 12.5 Å². The van der Waals surface area contributed by atoms with E-state index in [-0.39, 0.29) is 24.3 Å². The van der Waals surface area contributed by atoms with Gasteiger partial charge in [-0.1, -0.05) is 12.1 Å². The molecule has 4 rings (SSSR count). The van der Waals surface area contributed by atoms with Crippen LogP contribution in [0.3, 0.4) is 0 Å². The fraction of sp³-hybridized carbons (Fsp3) is 0.190. The molecule has 1 aliphatic heterocycles. The standard InChI is InChI=1S/C21H19N3O3/c1-27-18-6-2-5-17(12-18)24-13-16(11-20(24)25)23-21(26)15-7-8-19-14(10-15)4-3-9-22-19/h2-10,12,16H,11,13H2,1H3,(H,23,26)/t16-/m1/s1. The van der Waals surface area contributed by atoms with Crippen LogP contribution >= 0.6 is 0 Å². The summed E-state index contributed by atoms with van der Waals surface area (Å²) in [5, 5.41) is 3.87. The Labute approximate surface area is 156 Å². The van der Waals surface area contributed by atoms with Crippen molar-refractivity contribution >= 4 is 28.4 Å². The van der Waals surface area contributed by atoms with Crippen molar-refractivity contribution in [1.82, 2.24) is 10.3 Å². The van der Waals surface area contributed by atoms with Crippen molar-refractivity contribution < 1.29 is 14.3 Å². The molecule has 2 amide bonds. The molecule has 2 heterocycles. The van der Waals surface area contributed by atoms with Gasteiger partial charge in [0.05, 0.1) is 18.7 Å². The van der Waals surface area contributed by atoms with E-state index in [0.29, 0.717) is 17.9 Å². The Morgan fingerprint density at radius 3 is 2.93 bits per heavy atom. The second-order valence-electron chi connectivity index (χ2n) is 6.49. The molecule has 1 N–H and O–H groups in total. The maximum absolute atomic E-state index is 12.6. The number of methoxy groups -OCH3 is 1. The number of amides is 2. The average Bonchev–Trinajstić information content (AvgIpc) is 3.07. The van der Waals surface area contributed by atoms with Gasteiger partial charge in [-0.2, -0.15) is 0 Å². The van der Waals surface area contributed by atoms with Crippen LogP contribution < -0.4 is 15.0 Å². The zero-order valence-corrected chi connectivity index (χ0v) is 14.9. The van der Waals surface area contributed by atoms with Crippen molar-refractivity contribution in [3.05, 3.63) is 66.4 Å². The molecule has 6 nitrogen and oxygen atoms in total. The van der Waals surface area contributed by atoms with Crippen LogP contribution in [0.15, 0.2) is 60.8 Å². The number of fused-ring (bicyclic) bond motifs is 1. The highest BCUT2D eigenvalue weighted by Gasteiger charge is 2.32. The van der Waals surface area contributed by atoms with Gasteiger partial charge in [-0.05, 0) is 36.4 Å². The molecule has 2 aromatic carbocycles. The lowest BCUT2D eigenvalue weighted by Gasteiger charge is -2.18. The number of hydrogen-bond donors (Lipinski definition) is 1. The maximum atomic E-state index is 12.6. The Morgan fingerprint density at radius 2 is 2.07 bits per heavy atom. The molecule has 1 saturated heterocycles. The van der Waals surface area contributed by atoms with Crippen LogP contribution in [0.4, 0.5) is 5.69 Å². The number of benzene rings is 2. The van der Waals surface area contributed by atoms with Gasteiger partial charge >= 0.3 is 0 Å². The van der Waals surface area contributed by atoms with E-state index in [1.165, 1.54) is 0 Å².